The number of rotatable bonds is 2. The van der Waals surface area contributed by atoms with Crippen LogP contribution >= 0.6 is 0 Å². The molecule has 1 saturated heterocycles. The van der Waals surface area contributed by atoms with Gasteiger partial charge in [-0.05, 0) is 31.2 Å². The number of nitrogens with zero attached hydrogens (tertiary/aromatic N) is 3. The van der Waals surface area contributed by atoms with Gasteiger partial charge < -0.3 is 4.90 Å². The molecule has 1 unspecified atom stereocenters. The molecular formula is C12H19N3. The molecule has 1 atom stereocenters. The van der Waals surface area contributed by atoms with E-state index in [-0.39, 0.29) is 0 Å². The highest BCUT2D eigenvalue weighted by molar-refractivity contribution is 5.31. The van der Waals surface area contributed by atoms with Gasteiger partial charge in [0, 0.05) is 25.0 Å². The Bertz CT molecular complexity index is 335. The van der Waals surface area contributed by atoms with E-state index in [1.54, 1.807) is 0 Å². The molecule has 1 fully saturated rings. The summed E-state index contributed by atoms with van der Waals surface area (Å²) < 4.78 is 0. The summed E-state index contributed by atoms with van der Waals surface area (Å²) in [5.41, 5.74) is 1.05. The minimum Gasteiger partial charge on any atom is -0.341 e. The topological polar surface area (TPSA) is 29.0 Å². The van der Waals surface area contributed by atoms with Gasteiger partial charge in [-0.1, -0.05) is 13.8 Å². The van der Waals surface area contributed by atoms with Crippen molar-refractivity contribution < 1.29 is 0 Å². The molecule has 3 heteroatoms. The molecule has 0 N–H and O–H groups in total. The number of anilines is 1. The summed E-state index contributed by atoms with van der Waals surface area (Å²) in [6, 6.07) is 1.94. The molecule has 0 aliphatic carbocycles. The maximum Gasteiger partial charge on any atom is 0.225 e. The summed E-state index contributed by atoms with van der Waals surface area (Å²) in [5.74, 6) is 2.46. The summed E-state index contributed by atoms with van der Waals surface area (Å²) >= 11 is 0. The first kappa shape index (κ1) is 10.4. The van der Waals surface area contributed by atoms with Crippen LogP contribution < -0.4 is 4.90 Å². The van der Waals surface area contributed by atoms with Crippen LogP contribution in [0.1, 0.15) is 26.0 Å². The third-order valence-electron chi connectivity index (χ3n) is 3.23. The second kappa shape index (κ2) is 4.17. The van der Waals surface area contributed by atoms with Gasteiger partial charge in [0.05, 0.1) is 0 Å². The second-order valence-corrected chi connectivity index (χ2v) is 4.74. The molecule has 0 radical (unpaired) electrons. The van der Waals surface area contributed by atoms with E-state index < -0.39 is 0 Å². The van der Waals surface area contributed by atoms with Gasteiger partial charge >= 0.3 is 0 Å². The zero-order chi connectivity index (χ0) is 10.8. The van der Waals surface area contributed by atoms with Crippen molar-refractivity contribution in [3.63, 3.8) is 0 Å². The zero-order valence-electron chi connectivity index (χ0n) is 9.77. The van der Waals surface area contributed by atoms with Gasteiger partial charge in [0.25, 0.3) is 0 Å². The van der Waals surface area contributed by atoms with Crippen molar-refractivity contribution in [1.29, 1.82) is 0 Å². The van der Waals surface area contributed by atoms with Crippen LogP contribution in [0.5, 0.6) is 0 Å². The number of aromatic nitrogens is 2. The molecule has 82 valence electrons. The van der Waals surface area contributed by atoms with Gasteiger partial charge in [-0.2, -0.15) is 0 Å². The first-order chi connectivity index (χ1) is 7.16. The summed E-state index contributed by atoms with van der Waals surface area (Å²) in [5, 5.41) is 0. The fraction of sp³-hybridized carbons (Fsp3) is 0.667. The van der Waals surface area contributed by atoms with E-state index >= 15 is 0 Å². The van der Waals surface area contributed by atoms with Crippen LogP contribution in [-0.4, -0.2) is 23.1 Å². The molecular weight excluding hydrogens is 186 g/mol. The molecule has 1 aliphatic heterocycles. The van der Waals surface area contributed by atoms with Crippen LogP contribution in [0.15, 0.2) is 12.3 Å². The number of aryl methyl sites for hydroxylation is 1. The standard InChI is InChI=1S/C12H19N3/c1-9(2)11-5-7-15(8-11)12-13-6-4-10(3)14-12/h4,6,9,11H,5,7-8H2,1-3H3. The molecule has 1 aromatic rings. The van der Waals surface area contributed by atoms with Gasteiger partial charge in [-0.25, -0.2) is 9.97 Å². The molecule has 1 aromatic heterocycles. The van der Waals surface area contributed by atoms with Crippen LogP contribution in [0.25, 0.3) is 0 Å². The van der Waals surface area contributed by atoms with Crippen molar-refractivity contribution >= 4 is 5.95 Å². The average molecular weight is 205 g/mol. The first-order valence-electron chi connectivity index (χ1n) is 5.71. The van der Waals surface area contributed by atoms with Crippen molar-refractivity contribution in [2.75, 3.05) is 18.0 Å². The van der Waals surface area contributed by atoms with E-state index in [0.717, 1.165) is 36.6 Å². The van der Waals surface area contributed by atoms with Gasteiger partial charge in [0.1, 0.15) is 0 Å². The zero-order valence-corrected chi connectivity index (χ0v) is 9.77. The molecule has 0 amide bonds. The van der Waals surface area contributed by atoms with Crippen molar-refractivity contribution in [3.05, 3.63) is 18.0 Å². The minimum atomic E-state index is 0.764. The van der Waals surface area contributed by atoms with Crippen molar-refractivity contribution in [3.8, 4) is 0 Å². The fourth-order valence-electron chi connectivity index (χ4n) is 2.10. The maximum atomic E-state index is 4.46. The first-order valence-corrected chi connectivity index (χ1v) is 5.71. The molecule has 0 bridgehead atoms. The Labute approximate surface area is 91.5 Å². The molecule has 0 aromatic carbocycles. The molecule has 2 heterocycles. The predicted molar refractivity (Wildman–Crippen MR) is 61.9 cm³/mol. The lowest BCUT2D eigenvalue weighted by Crippen LogP contribution is -2.23. The van der Waals surface area contributed by atoms with Crippen LogP contribution in [0.3, 0.4) is 0 Å². The Morgan fingerprint density at radius 2 is 2.27 bits per heavy atom. The SMILES string of the molecule is Cc1ccnc(N2CCC(C(C)C)C2)n1. The Hall–Kier alpha value is -1.12. The highest BCUT2D eigenvalue weighted by atomic mass is 15.3. The van der Waals surface area contributed by atoms with Crippen molar-refractivity contribution in [2.45, 2.75) is 27.2 Å². The van der Waals surface area contributed by atoms with Gasteiger partial charge in [-0.3, -0.25) is 0 Å². The summed E-state index contributed by atoms with van der Waals surface area (Å²) in [4.78, 5) is 11.1. The fourth-order valence-corrected chi connectivity index (χ4v) is 2.10. The van der Waals surface area contributed by atoms with E-state index in [4.69, 9.17) is 0 Å². The normalized spacial score (nSPS) is 21.3. The minimum absolute atomic E-state index is 0.764. The summed E-state index contributed by atoms with van der Waals surface area (Å²) in [6.45, 7) is 8.82. The quantitative estimate of drug-likeness (QED) is 0.741. The summed E-state index contributed by atoms with van der Waals surface area (Å²) in [6.07, 6.45) is 3.12. The monoisotopic (exact) mass is 205 g/mol. The Morgan fingerprint density at radius 1 is 1.47 bits per heavy atom. The van der Waals surface area contributed by atoms with Crippen LogP contribution in [0.4, 0.5) is 5.95 Å². The predicted octanol–water partition coefficient (Wildman–Crippen LogP) is 2.27. The Balaban J connectivity index is 2.08. The largest absolute Gasteiger partial charge is 0.341 e. The molecule has 1 aliphatic rings. The third kappa shape index (κ3) is 2.28. The van der Waals surface area contributed by atoms with Crippen LogP contribution in [0, 0.1) is 18.8 Å². The van der Waals surface area contributed by atoms with Gasteiger partial charge in [0.2, 0.25) is 5.95 Å². The Kier molecular flexibility index (Phi) is 2.89. The number of hydrogen-bond acceptors (Lipinski definition) is 3. The third-order valence-corrected chi connectivity index (χ3v) is 3.23. The van der Waals surface area contributed by atoms with Crippen molar-refractivity contribution in [2.24, 2.45) is 11.8 Å². The van der Waals surface area contributed by atoms with Crippen LogP contribution in [-0.2, 0) is 0 Å². The molecule has 0 saturated carbocycles. The Morgan fingerprint density at radius 3 is 2.87 bits per heavy atom. The summed E-state index contributed by atoms with van der Waals surface area (Å²) in [7, 11) is 0. The molecule has 0 spiro atoms. The van der Waals surface area contributed by atoms with E-state index in [1.165, 1.54) is 6.42 Å². The molecule has 2 rings (SSSR count). The maximum absolute atomic E-state index is 4.46. The van der Waals surface area contributed by atoms with Crippen LogP contribution in [0.2, 0.25) is 0 Å². The second-order valence-electron chi connectivity index (χ2n) is 4.74. The lowest BCUT2D eigenvalue weighted by Gasteiger charge is -2.17. The van der Waals surface area contributed by atoms with E-state index in [2.05, 4.69) is 28.7 Å². The highest BCUT2D eigenvalue weighted by Gasteiger charge is 2.26. The van der Waals surface area contributed by atoms with E-state index in [9.17, 15) is 0 Å². The smallest absolute Gasteiger partial charge is 0.225 e. The lowest BCUT2D eigenvalue weighted by molar-refractivity contribution is 0.422. The van der Waals surface area contributed by atoms with E-state index in [1.807, 2.05) is 19.2 Å². The van der Waals surface area contributed by atoms with E-state index in [0.29, 0.717) is 0 Å². The van der Waals surface area contributed by atoms with Gasteiger partial charge in [0.15, 0.2) is 0 Å². The molecule has 15 heavy (non-hydrogen) atoms. The molecule has 3 nitrogen and oxygen atoms in total. The lowest BCUT2D eigenvalue weighted by atomic mass is 9.95. The average Bonchev–Trinajstić information content (AvgIpc) is 2.66. The highest BCUT2D eigenvalue weighted by Crippen LogP contribution is 2.25. The van der Waals surface area contributed by atoms with Gasteiger partial charge in [-0.15, -0.1) is 0 Å². The van der Waals surface area contributed by atoms with Crippen molar-refractivity contribution in [1.82, 2.24) is 9.97 Å². The number of hydrogen-bond donors (Lipinski definition) is 0.